The number of nitrogens with one attached hydrogen (secondary N) is 2. The van der Waals surface area contributed by atoms with Gasteiger partial charge in [-0.05, 0) is 43.7 Å². The summed E-state index contributed by atoms with van der Waals surface area (Å²) >= 11 is 0.478. The zero-order valence-electron chi connectivity index (χ0n) is 10.4. The summed E-state index contributed by atoms with van der Waals surface area (Å²) in [6.45, 7) is 1.60. The van der Waals surface area contributed by atoms with E-state index >= 15 is 0 Å². The van der Waals surface area contributed by atoms with E-state index in [1.807, 2.05) is 0 Å². The van der Waals surface area contributed by atoms with Gasteiger partial charge in [0.1, 0.15) is 0 Å². The zero-order valence-corrected chi connectivity index (χ0v) is 11.2. The highest BCUT2D eigenvalue weighted by Crippen LogP contribution is 2.25. The van der Waals surface area contributed by atoms with Gasteiger partial charge in [0.15, 0.2) is 0 Å². The Bertz CT molecular complexity index is 419. The largest absolute Gasteiger partial charge is 0.350 e. The van der Waals surface area contributed by atoms with Crippen molar-refractivity contribution in [2.75, 3.05) is 13.1 Å². The Hall–Kier alpha value is -1.14. The van der Waals surface area contributed by atoms with E-state index in [-0.39, 0.29) is 5.91 Å². The molecule has 2 N–H and O–H groups in total. The molecule has 19 heavy (non-hydrogen) atoms. The van der Waals surface area contributed by atoms with Crippen molar-refractivity contribution in [3.05, 3.63) is 29.8 Å². The maximum absolute atomic E-state index is 12.1. The van der Waals surface area contributed by atoms with Crippen molar-refractivity contribution in [2.24, 2.45) is 0 Å². The molecule has 1 aromatic carbocycles. The van der Waals surface area contributed by atoms with Crippen molar-refractivity contribution in [1.29, 1.82) is 0 Å². The van der Waals surface area contributed by atoms with E-state index in [4.69, 9.17) is 0 Å². The molecule has 1 amide bonds. The minimum Gasteiger partial charge on any atom is -0.350 e. The minimum atomic E-state index is -2.44. The number of rotatable bonds is 5. The Balaban J connectivity index is 1.84. The number of amides is 1. The van der Waals surface area contributed by atoms with Crippen molar-refractivity contribution in [2.45, 2.75) is 29.5 Å². The molecule has 1 aliphatic heterocycles. The SMILES string of the molecule is O=C(NCC1CCCN1)c1ccc(SC(F)F)cc1. The molecule has 0 aliphatic carbocycles. The van der Waals surface area contributed by atoms with E-state index in [2.05, 4.69) is 10.6 Å². The summed E-state index contributed by atoms with van der Waals surface area (Å²) in [6.07, 6.45) is 2.21. The number of carbonyl (C=O) groups is 1. The van der Waals surface area contributed by atoms with Crippen LogP contribution in [0.15, 0.2) is 29.2 Å². The van der Waals surface area contributed by atoms with Crippen LogP contribution in [0.1, 0.15) is 23.2 Å². The fourth-order valence-electron chi connectivity index (χ4n) is 2.04. The van der Waals surface area contributed by atoms with Crippen molar-refractivity contribution >= 4 is 17.7 Å². The summed E-state index contributed by atoms with van der Waals surface area (Å²) in [4.78, 5) is 12.3. The van der Waals surface area contributed by atoms with Gasteiger partial charge in [-0.2, -0.15) is 8.78 Å². The van der Waals surface area contributed by atoms with Crippen molar-refractivity contribution in [1.82, 2.24) is 10.6 Å². The number of halogens is 2. The molecule has 1 aromatic rings. The highest BCUT2D eigenvalue weighted by Gasteiger charge is 2.15. The topological polar surface area (TPSA) is 41.1 Å². The number of carbonyl (C=O) groups excluding carboxylic acids is 1. The molecule has 0 radical (unpaired) electrons. The van der Waals surface area contributed by atoms with E-state index in [0.717, 1.165) is 19.4 Å². The first-order valence-corrected chi connectivity index (χ1v) is 7.09. The molecule has 0 aromatic heterocycles. The molecule has 1 heterocycles. The Labute approximate surface area is 115 Å². The van der Waals surface area contributed by atoms with Crippen LogP contribution in [0.4, 0.5) is 8.78 Å². The van der Waals surface area contributed by atoms with Gasteiger partial charge in [0.05, 0.1) is 0 Å². The lowest BCUT2D eigenvalue weighted by Gasteiger charge is -2.11. The lowest BCUT2D eigenvalue weighted by atomic mass is 10.2. The second-order valence-electron chi connectivity index (χ2n) is 4.41. The van der Waals surface area contributed by atoms with Crippen molar-refractivity contribution < 1.29 is 13.6 Å². The Kier molecular flexibility index (Phi) is 5.15. The third-order valence-corrected chi connectivity index (χ3v) is 3.74. The average molecular weight is 286 g/mol. The molecular formula is C13H16F2N2OS. The van der Waals surface area contributed by atoms with E-state index in [1.165, 1.54) is 0 Å². The van der Waals surface area contributed by atoms with Gasteiger partial charge in [0, 0.05) is 23.0 Å². The number of hydrogen-bond acceptors (Lipinski definition) is 3. The number of thioether (sulfide) groups is 1. The molecule has 0 spiro atoms. The average Bonchev–Trinajstić information content (AvgIpc) is 2.89. The van der Waals surface area contributed by atoms with Crippen LogP contribution < -0.4 is 10.6 Å². The van der Waals surface area contributed by atoms with Crippen LogP contribution in [0.2, 0.25) is 0 Å². The Morgan fingerprint density at radius 1 is 1.42 bits per heavy atom. The molecule has 0 saturated carbocycles. The van der Waals surface area contributed by atoms with Crippen LogP contribution in [-0.2, 0) is 0 Å². The molecule has 0 bridgehead atoms. The predicted octanol–water partition coefficient (Wildman–Crippen LogP) is 2.48. The summed E-state index contributed by atoms with van der Waals surface area (Å²) in [7, 11) is 0. The fraction of sp³-hybridized carbons (Fsp3) is 0.462. The van der Waals surface area contributed by atoms with Gasteiger partial charge < -0.3 is 10.6 Å². The predicted molar refractivity (Wildman–Crippen MR) is 71.7 cm³/mol. The summed E-state index contributed by atoms with van der Waals surface area (Å²) in [5.41, 5.74) is 0.497. The summed E-state index contributed by atoms with van der Waals surface area (Å²) < 4.78 is 24.3. The Morgan fingerprint density at radius 3 is 2.74 bits per heavy atom. The summed E-state index contributed by atoms with van der Waals surface area (Å²) in [5.74, 6) is -2.60. The van der Waals surface area contributed by atoms with E-state index in [9.17, 15) is 13.6 Å². The first kappa shape index (κ1) is 14.3. The van der Waals surface area contributed by atoms with Crippen molar-refractivity contribution in [3.8, 4) is 0 Å². The van der Waals surface area contributed by atoms with Gasteiger partial charge >= 0.3 is 0 Å². The maximum atomic E-state index is 12.1. The van der Waals surface area contributed by atoms with Gasteiger partial charge in [0.2, 0.25) is 0 Å². The van der Waals surface area contributed by atoms with E-state index in [0.29, 0.717) is 34.8 Å². The van der Waals surface area contributed by atoms with Crippen LogP contribution in [0, 0.1) is 0 Å². The molecule has 6 heteroatoms. The lowest BCUT2D eigenvalue weighted by Crippen LogP contribution is -2.37. The molecule has 1 fully saturated rings. The number of hydrogen-bond donors (Lipinski definition) is 2. The van der Waals surface area contributed by atoms with E-state index < -0.39 is 5.76 Å². The first-order chi connectivity index (χ1) is 9.15. The zero-order chi connectivity index (χ0) is 13.7. The molecule has 1 saturated heterocycles. The number of benzene rings is 1. The third-order valence-electron chi connectivity index (χ3n) is 3.01. The fourth-order valence-corrected chi connectivity index (χ4v) is 2.54. The van der Waals surface area contributed by atoms with Crippen LogP contribution in [0.25, 0.3) is 0 Å². The Morgan fingerprint density at radius 2 is 2.16 bits per heavy atom. The standard InChI is InChI=1S/C13H16F2N2OS/c14-13(15)19-11-5-3-9(4-6-11)12(18)17-8-10-2-1-7-16-10/h3-6,10,13,16H,1-2,7-8H2,(H,17,18). The second-order valence-corrected chi connectivity index (χ2v) is 5.47. The van der Waals surface area contributed by atoms with Crippen LogP contribution in [0.3, 0.4) is 0 Å². The summed E-state index contributed by atoms with van der Waals surface area (Å²) in [5, 5.41) is 6.14. The third kappa shape index (κ3) is 4.47. The quantitative estimate of drug-likeness (QED) is 0.817. The second kappa shape index (κ2) is 6.86. The molecule has 1 aliphatic rings. The number of alkyl halides is 2. The molecule has 1 unspecified atom stereocenters. The van der Waals surface area contributed by atoms with Crippen LogP contribution in [0.5, 0.6) is 0 Å². The van der Waals surface area contributed by atoms with Gasteiger partial charge in [-0.15, -0.1) is 0 Å². The van der Waals surface area contributed by atoms with Gasteiger partial charge in [-0.25, -0.2) is 0 Å². The molecular weight excluding hydrogens is 270 g/mol. The monoisotopic (exact) mass is 286 g/mol. The minimum absolute atomic E-state index is 0.165. The molecule has 2 rings (SSSR count). The van der Waals surface area contributed by atoms with Gasteiger partial charge in [0.25, 0.3) is 11.7 Å². The van der Waals surface area contributed by atoms with Gasteiger partial charge in [-0.3, -0.25) is 4.79 Å². The highest BCUT2D eigenvalue weighted by molar-refractivity contribution is 7.99. The molecule has 1 atom stereocenters. The molecule has 104 valence electrons. The molecule has 3 nitrogen and oxygen atoms in total. The lowest BCUT2D eigenvalue weighted by molar-refractivity contribution is 0.0950. The normalized spacial score (nSPS) is 18.8. The smallest absolute Gasteiger partial charge is 0.288 e. The summed E-state index contributed by atoms with van der Waals surface area (Å²) in [6, 6.07) is 6.57. The van der Waals surface area contributed by atoms with E-state index in [1.54, 1.807) is 24.3 Å². The highest BCUT2D eigenvalue weighted by atomic mass is 32.2. The van der Waals surface area contributed by atoms with Crippen LogP contribution >= 0.6 is 11.8 Å². The first-order valence-electron chi connectivity index (χ1n) is 6.21. The van der Waals surface area contributed by atoms with Crippen LogP contribution in [-0.4, -0.2) is 30.8 Å². The maximum Gasteiger partial charge on any atom is 0.288 e. The van der Waals surface area contributed by atoms with Crippen molar-refractivity contribution in [3.63, 3.8) is 0 Å². The van der Waals surface area contributed by atoms with Gasteiger partial charge in [-0.1, -0.05) is 11.8 Å².